The van der Waals surface area contributed by atoms with Gasteiger partial charge < -0.3 is 20.1 Å². The summed E-state index contributed by atoms with van der Waals surface area (Å²) in [7, 11) is 0. The van der Waals surface area contributed by atoms with Crippen LogP contribution in [-0.2, 0) is 21.7 Å². The molecule has 1 unspecified atom stereocenters. The Morgan fingerprint density at radius 3 is 2.58 bits per heavy atom. The molecule has 1 saturated heterocycles. The van der Waals surface area contributed by atoms with Crippen molar-refractivity contribution in [1.29, 1.82) is 0 Å². The Hall–Kier alpha value is -3.62. The van der Waals surface area contributed by atoms with Crippen molar-refractivity contribution in [2.24, 2.45) is 0 Å². The largest absolute Gasteiger partial charge is 0.490 e. The second kappa shape index (κ2) is 8.25. The van der Waals surface area contributed by atoms with Crippen molar-refractivity contribution in [3.63, 3.8) is 0 Å². The van der Waals surface area contributed by atoms with Gasteiger partial charge in [0.05, 0.1) is 13.2 Å². The van der Waals surface area contributed by atoms with Crippen LogP contribution in [0.25, 0.3) is 0 Å². The Kier molecular flexibility index (Phi) is 5.50. The zero-order valence-electron chi connectivity index (χ0n) is 16.9. The SMILES string of the molecule is CC1(c2ccc3c(c2)OCCCO3)NC(=O)N(CC(=O)NCc2ccc(F)cc2)C1=O. The number of fused-ring (bicyclic) bond motifs is 1. The van der Waals surface area contributed by atoms with Gasteiger partial charge in [-0.2, -0.15) is 0 Å². The van der Waals surface area contributed by atoms with Crippen molar-refractivity contribution < 1.29 is 28.2 Å². The topological polar surface area (TPSA) is 97.0 Å². The predicted molar refractivity (Wildman–Crippen MR) is 108 cm³/mol. The normalized spacial score (nSPS) is 20.3. The van der Waals surface area contributed by atoms with E-state index in [-0.39, 0.29) is 12.4 Å². The number of nitrogens with zero attached hydrogens (tertiary/aromatic N) is 1. The van der Waals surface area contributed by atoms with Crippen LogP contribution in [0.4, 0.5) is 9.18 Å². The minimum Gasteiger partial charge on any atom is -0.490 e. The van der Waals surface area contributed by atoms with Crippen LogP contribution in [0, 0.1) is 5.82 Å². The first-order chi connectivity index (χ1) is 14.9. The van der Waals surface area contributed by atoms with Crippen LogP contribution < -0.4 is 20.1 Å². The number of carbonyl (C=O) groups excluding carboxylic acids is 3. The van der Waals surface area contributed by atoms with Crippen molar-refractivity contribution in [2.45, 2.75) is 25.4 Å². The van der Waals surface area contributed by atoms with E-state index in [9.17, 15) is 18.8 Å². The van der Waals surface area contributed by atoms with Gasteiger partial charge in [-0.05, 0) is 42.3 Å². The molecule has 2 aliphatic heterocycles. The Morgan fingerprint density at radius 2 is 1.84 bits per heavy atom. The van der Waals surface area contributed by atoms with Crippen LogP contribution in [0.15, 0.2) is 42.5 Å². The smallest absolute Gasteiger partial charge is 0.325 e. The number of amides is 4. The molecule has 1 atom stereocenters. The molecule has 0 aromatic heterocycles. The molecule has 0 saturated carbocycles. The summed E-state index contributed by atoms with van der Waals surface area (Å²) in [5.41, 5.74) is -0.104. The van der Waals surface area contributed by atoms with Crippen molar-refractivity contribution in [2.75, 3.05) is 19.8 Å². The van der Waals surface area contributed by atoms with Gasteiger partial charge in [0.25, 0.3) is 5.91 Å². The Labute approximate surface area is 178 Å². The Balaban J connectivity index is 1.44. The molecule has 162 valence electrons. The molecule has 2 aliphatic rings. The molecule has 4 rings (SSSR count). The fourth-order valence-corrected chi connectivity index (χ4v) is 3.51. The van der Waals surface area contributed by atoms with Crippen molar-refractivity contribution in [1.82, 2.24) is 15.5 Å². The van der Waals surface area contributed by atoms with Gasteiger partial charge in [-0.15, -0.1) is 0 Å². The molecule has 9 heteroatoms. The number of halogens is 1. The standard InChI is InChI=1S/C22H22FN3O5/c1-22(15-5-8-17-18(11-15)31-10-2-9-30-17)20(28)26(21(29)25-22)13-19(27)24-12-14-3-6-16(23)7-4-14/h3-8,11H,2,9-10,12-13H2,1H3,(H,24,27)(H,25,29). The summed E-state index contributed by atoms with van der Waals surface area (Å²) in [5.74, 6) is -0.324. The summed E-state index contributed by atoms with van der Waals surface area (Å²) in [5, 5.41) is 5.30. The number of hydrogen-bond acceptors (Lipinski definition) is 5. The quantitative estimate of drug-likeness (QED) is 0.712. The highest BCUT2D eigenvalue weighted by Gasteiger charge is 2.49. The lowest BCUT2D eigenvalue weighted by Crippen LogP contribution is -2.43. The Morgan fingerprint density at radius 1 is 1.13 bits per heavy atom. The summed E-state index contributed by atoms with van der Waals surface area (Å²) >= 11 is 0. The number of urea groups is 1. The predicted octanol–water partition coefficient (Wildman–Crippen LogP) is 2.07. The fraction of sp³-hybridized carbons (Fsp3) is 0.318. The highest BCUT2D eigenvalue weighted by atomic mass is 19.1. The van der Waals surface area contributed by atoms with Crippen LogP contribution >= 0.6 is 0 Å². The van der Waals surface area contributed by atoms with Gasteiger partial charge in [-0.1, -0.05) is 18.2 Å². The number of nitrogens with one attached hydrogen (secondary N) is 2. The fourth-order valence-electron chi connectivity index (χ4n) is 3.51. The molecular weight excluding hydrogens is 405 g/mol. The van der Waals surface area contributed by atoms with Gasteiger partial charge in [-0.3, -0.25) is 14.5 Å². The van der Waals surface area contributed by atoms with E-state index < -0.39 is 29.9 Å². The molecule has 0 bridgehead atoms. The first-order valence-electron chi connectivity index (χ1n) is 9.92. The van der Waals surface area contributed by atoms with E-state index in [0.717, 1.165) is 11.3 Å². The third-order valence-electron chi connectivity index (χ3n) is 5.30. The number of hydrogen-bond donors (Lipinski definition) is 2. The van der Waals surface area contributed by atoms with Gasteiger partial charge in [0.2, 0.25) is 5.91 Å². The van der Waals surface area contributed by atoms with E-state index >= 15 is 0 Å². The summed E-state index contributed by atoms with van der Waals surface area (Å²) < 4.78 is 24.3. The van der Waals surface area contributed by atoms with Crippen molar-refractivity contribution in [3.05, 3.63) is 59.4 Å². The highest BCUT2D eigenvalue weighted by Crippen LogP contribution is 2.36. The molecule has 8 nitrogen and oxygen atoms in total. The third kappa shape index (κ3) is 4.16. The number of rotatable bonds is 5. The van der Waals surface area contributed by atoms with E-state index in [4.69, 9.17) is 9.47 Å². The van der Waals surface area contributed by atoms with Gasteiger partial charge in [-0.25, -0.2) is 9.18 Å². The number of carbonyl (C=O) groups is 3. The summed E-state index contributed by atoms with van der Waals surface area (Å²) in [6.07, 6.45) is 0.748. The number of imide groups is 1. The second-order valence-electron chi connectivity index (χ2n) is 7.56. The van der Waals surface area contributed by atoms with Crippen LogP contribution in [0.3, 0.4) is 0 Å². The van der Waals surface area contributed by atoms with Gasteiger partial charge in [0, 0.05) is 13.0 Å². The average molecular weight is 427 g/mol. The first kappa shape index (κ1) is 20.6. The molecule has 1 fully saturated rings. The number of benzene rings is 2. The lowest BCUT2D eigenvalue weighted by Gasteiger charge is -2.23. The minimum absolute atomic E-state index is 0.155. The van der Waals surface area contributed by atoms with Crippen LogP contribution in [0.2, 0.25) is 0 Å². The van der Waals surface area contributed by atoms with Crippen LogP contribution in [0.5, 0.6) is 11.5 Å². The molecule has 2 aromatic carbocycles. The lowest BCUT2D eigenvalue weighted by atomic mass is 9.91. The maximum Gasteiger partial charge on any atom is 0.325 e. The number of ether oxygens (including phenoxy) is 2. The lowest BCUT2D eigenvalue weighted by molar-refractivity contribution is -0.134. The minimum atomic E-state index is -1.33. The molecule has 31 heavy (non-hydrogen) atoms. The van der Waals surface area contributed by atoms with E-state index in [0.29, 0.717) is 35.8 Å². The molecule has 2 heterocycles. The summed E-state index contributed by atoms with van der Waals surface area (Å²) in [4.78, 5) is 38.7. The Bertz CT molecular complexity index is 1030. The van der Waals surface area contributed by atoms with Gasteiger partial charge in [0.15, 0.2) is 11.5 Å². The average Bonchev–Trinajstić information content (AvgIpc) is 2.92. The zero-order valence-corrected chi connectivity index (χ0v) is 16.9. The highest BCUT2D eigenvalue weighted by molar-refractivity contribution is 6.09. The van der Waals surface area contributed by atoms with Gasteiger partial charge in [0.1, 0.15) is 17.9 Å². The first-order valence-corrected chi connectivity index (χ1v) is 9.92. The van der Waals surface area contributed by atoms with E-state index in [1.54, 1.807) is 37.3 Å². The van der Waals surface area contributed by atoms with E-state index in [1.165, 1.54) is 12.1 Å². The van der Waals surface area contributed by atoms with Crippen molar-refractivity contribution in [3.8, 4) is 11.5 Å². The maximum absolute atomic E-state index is 13.1. The second-order valence-corrected chi connectivity index (χ2v) is 7.56. The van der Waals surface area contributed by atoms with Gasteiger partial charge >= 0.3 is 6.03 Å². The molecule has 2 N–H and O–H groups in total. The van der Waals surface area contributed by atoms with Crippen molar-refractivity contribution >= 4 is 17.8 Å². The molecule has 0 aliphatic carbocycles. The van der Waals surface area contributed by atoms with Crippen LogP contribution in [0.1, 0.15) is 24.5 Å². The molecule has 2 aromatic rings. The molecule has 0 radical (unpaired) electrons. The molecule has 4 amide bonds. The molecular formula is C22H22FN3O5. The maximum atomic E-state index is 13.1. The summed E-state index contributed by atoms with van der Waals surface area (Å²) in [6, 6.07) is 10.1. The van der Waals surface area contributed by atoms with E-state index in [1.807, 2.05) is 0 Å². The third-order valence-corrected chi connectivity index (χ3v) is 5.30. The molecule has 0 spiro atoms. The van der Waals surface area contributed by atoms with Crippen LogP contribution in [-0.4, -0.2) is 42.5 Å². The zero-order chi connectivity index (χ0) is 22.0. The summed E-state index contributed by atoms with van der Waals surface area (Å²) in [6.45, 7) is 2.35. The van der Waals surface area contributed by atoms with E-state index in [2.05, 4.69) is 10.6 Å². The monoisotopic (exact) mass is 427 g/mol.